The van der Waals surface area contributed by atoms with E-state index in [9.17, 15) is 4.79 Å². The van der Waals surface area contributed by atoms with Gasteiger partial charge in [0.1, 0.15) is 24.0 Å². The molecule has 34 heavy (non-hydrogen) atoms. The standard InChI is InChI=1S/C26H29BrN2O5/c1-17-12-22-20(15-29(16-33-22)7-3-6-28-8-10-32-11-9-28)26-24(17)25(30)23(34-26)14-18-13-19(27)4-5-21(18)31-2/h4-5,12-14H,3,6-11,15-16H2,1-2H3/b23-14-. The molecule has 180 valence electrons. The minimum atomic E-state index is -0.109. The Labute approximate surface area is 208 Å². The van der Waals surface area contributed by atoms with Crippen molar-refractivity contribution in [2.75, 3.05) is 53.2 Å². The van der Waals surface area contributed by atoms with Gasteiger partial charge >= 0.3 is 0 Å². The second kappa shape index (κ2) is 10.1. The van der Waals surface area contributed by atoms with Gasteiger partial charge in [-0.15, -0.1) is 0 Å². The Morgan fingerprint density at radius 3 is 2.74 bits per heavy atom. The number of aryl methyl sites for hydroxylation is 1. The molecular formula is C26H29BrN2O5. The number of nitrogens with zero attached hydrogens (tertiary/aromatic N) is 2. The maximum Gasteiger partial charge on any atom is 0.232 e. The van der Waals surface area contributed by atoms with Crippen LogP contribution in [0, 0.1) is 6.92 Å². The average Bonchev–Trinajstić information content (AvgIpc) is 3.17. The first-order valence-corrected chi connectivity index (χ1v) is 12.4. The number of ketones is 1. The minimum Gasteiger partial charge on any atom is -0.496 e. The van der Waals surface area contributed by atoms with E-state index in [0.29, 0.717) is 36.1 Å². The number of halogens is 1. The van der Waals surface area contributed by atoms with Gasteiger partial charge in [-0.2, -0.15) is 0 Å². The van der Waals surface area contributed by atoms with E-state index in [0.717, 1.165) is 72.7 Å². The van der Waals surface area contributed by atoms with Crippen molar-refractivity contribution in [2.45, 2.75) is 19.9 Å². The molecule has 0 N–H and O–H groups in total. The zero-order valence-corrected chi connectivity index (χ0v) is 21.2. The summed E-state index contributed by atoms with van der Waals surface area (Å²) in [6.07, 6.45) is 2.81. The van der Waals surface area contributed by atoms with Crippen LogP contribution in [0.4, 0.5) is 0 Å². The molecule has 7 nitrogen and oxygen atoms in total. The summed E-state index contributed by atoms with van der Waals surface area (Å²) in [7, 11) is 1.61. The van der Waals surface area contributed by atoms with Crippen LogP contribution in [0.15, 0.2) is 34.5 Å². The van der Waals surface area contributed by atoms with Gasteiger partial charge in [0, 0.05) is 36.2 Å². The molecule has 2 aromatic carbocycles. The summed E-state index contributed by atoms with van der Waals surface area (Å²) in [5, 5.41) is 0. The zero-order valence-electron chi connectivity index (χ0n) is 19.6. The third-order valence-corrected chi connectivity index (χ3v) is 7.01. The van der Waals surface area contributed by atoms with Gasteiger partial charge in [-0.25, -0.2) is 0 Å². The van der Waals surface area contributed by atoms with Crippen molar-refractivity contribution in [2.24, 2.45) is 0 Å². The van der Waals surface area contributed by atoms with Gasteiger partial charge in [-0.3, -0.25) is 14.6 Å². The fraction of sp³-hybridized carbons (Fsp3) is 0.423. The molecule has 3 aliphatic rings. The SMILES string of the molecule is COc1ccc(Br)cc1/C=C1\Oc2c3c(cc(C)c2C1=O)OCN(CCCN1CCOCC1)C3. The molecule has 2 aromatic rings. The maximum absolute atomic E-state index is 13.3. The lowest BCUT2D eigenvalue weighted by atomic mass is 9.98. The molecule has 0 aromatic heterocycles. The largest absolute Gasteiger partial charge is 0.496 e. The van der Waals surface area contributed by atoms with Crippen LogP contribution in [0.25, 0.3) is 6.08 Å². The third kappa shape index (κ3) is 4.73. The average molecular weight is 529 g/mol. The smallest absolute Gasteiger partial charge is 0.232 e. The molecule has 0 amide bonds. The molecule has 3 aliphatic heterocycles. The molecule has 0 atom stereocenters. The monoisotopic (exact) mass is 528 g/mol. The van der Waals surface area contributed by atoms with Crippen LogP contribution in [0.5, 0.6) is 17.2 Å². The second-order valence-electron chi connectivity index (χ2n) is 8.83. The highest BCUT2D eigenvalue weighted by atomic mass is 79.9. The highest BCUT2D eigenvalue weighted by molar-refractivity contribution is 9.10. The Kier molecular flexibility index (Phi) is 6.92. The van der Waals surface area contributed by atoms with Crippen LogP contribution in [0.1, 0.15) is 33.5 Å². The third-order valence-electron chi connectivity index (χ3n) is 6.52. The lowest BCUT2D eigenvalue weighted by molar-refractivity contribution is 0.0329. The summed E-state index contributed by atoms with van der Waals surface area (Å²) in [4.78, 5) is 18.0. The predicted molar refractivity (Wildman–Crippen MR) is 133 cm³/mol. The molecule has 3 heterocycles. The van der Waals surface area contributed by atoms with Gasteiger partial charge in [0.15, 0.2) is 5.76 Å². The van der Waals surface area contributed by atoms with Gasteiger partial charge < -0.3 is 18.9 Å². The number of methoxy groups -OCH3 is 1. The van der Waals surface area contributed by atoms with Gasteiger partial charge in [0.2, 0.25) is 5.78 Å². The quantitative estimate of drug-likeness (QED) is 0.519. The number of rotatable bonds is 6. The van der Waals surface area contributed by atoms with E-state index >= 15 is 0 Å². The Balaban J connectivity index is 1.35. The van der Waals surface area contributed by atoms with Gasteiger partial charge in [-0.1, -0.05) is 15.9 Å². The normalized spacial score (nSPS) is 19.5. The molecule has 8 heteroatoms. The first-order chi connectivity index (χ1) is 16.5. The number of ether oxygens (including phenoxy) is 4. The summed E-state index contributed by atoms with van der Waals surface area (Å²) in [5.41, 5.74) is 3.21. The zero-order chi connectivity index (χ0) is 23.7. The molecule has 0 bridgehead atoms. The van der Waals surface area contributed by atoms with Crippen LogP contribution in [0.3, 0.4) is 0 Å². The van der Waals surface area contributed by atoms with E-state index in [1.807, 2.05) is 31.2 Å². The Bertz CT molecular complexity index is 1130. The lowest BCUT2D eigenvalue weighted by Crippen LogP contribution is -2.39. The van der Waals surface area contributed by atoms with Gasteiger partial charge in [-0.05, 0) is 55.8 Å². The van der Waals surface area contributed by atoms with Crippen molar-refractivity contribution in [1.29, 1.82) is 0 Å². The first-order valence-electron chi connectivity index (χ1n) is 11.6. The summed E-state index contributed by atoms with van der Waals surface area (Å²) < 4.78 is 24.1. The number of carbonyl (C=O) groups is 1. The topological polar surface area (TPSA) is 60.5 Å². The molecule has 1 saturated heterocycles. The summed E-state index contributed by atoms with van der Waals surface area (Å²) in [5.74, 6) is 2.29. The summed E-state index contributed by atoms with van der Waals surface area (Å²) >= 11 is 3.49. The molecule has 5 rings (SSSR count). The van der Waals surface area contributed by atoms with Crippen LogP contribution >= 0.6 is 15.9 Å². The van der Waals surface area contributed by atoms with Crippen molar-refractivity contribution >= 4 is 27.8 Å². The maximum atomic E-state index is 13.3. The number of morpholine rings is 1. The number of carbonyl (C=O) groups excluding carboxylic acids is 1. The molecule has 0 aliphatic carbocycles. The number of benzene rings is 2. The Hall–Kier alpha value is -2.39. The van der Waals surface area contributed by atoms with Crippen LogP contribution in [-0.2, 0) is 11.3 Å². The van der Waals surface area contributed by atoms with Crippen LogP contribution in [-0.4, -0.2) is 68.8 Å². The van der Waals surface area contributed by atoms with E-state index in [1.165, 1.54) is 0 Å². The van der Waals surface area contributed by atoms with Crippen molar-refractivity contribution in [3.05, 3.63) is 56.8 Å². The number of fused-ring (bicyclic) bond motifs is 3. The van der Waals surface area contributed by atoms with Gasteiger partial charge in [0.25, 0.3) is 0 Å². The van der Waals surface area contributed by atoms with Crippen LogP contribution in [0.2, 0.25) is 0 Å². The van der Waals surface area contributed by atoms with Crippen molar-refractivity contribution in [3.8, 4) is 17.2 Å². The van der Waals surface area contributed by atoms with E-state index in [-0.39, 0.29) is 5.78 Å². The molecular weight excluding hydrogens is 500 g/mol. The first kappa shape index (κ1) is 23.4. The molecule has 0 saturated carbocycles. The molecule has 0 unspecified atom stereocenters. The van der Waals surface area contributed by atoms with E-state index < -0.39 is 0 Å². The minimum absolute atomic E-state index is 0.109. The Morgan fingerprint density at radius 2 is 1.94 bits per heavy atom. The second-order valence-corrected chi connectivity index (χ2v) is 9.75. The number of hydrogen-bond acceptors (Lipinski definition) is 7. The molecule has 0 radical (unpaired) electrons. The van der Waals surface area contributed by atoms with E-state index in [4.69, 9.17) is 18.9 Å². The molecule has 0 spiro atoms. The fourth-order valence-electron chi connectivity index (χ4n) is 4.72. The van der Waals surface area contributed by atoms with Crippen molar-refractivity contribution in [3.63, 3.8) is 0 Å². The van der Waals surface area contributed by atoms with Crippen molar-refractivity contribution in [1.82, 2.24) is 9.80 Å². The van der Waals surface area contributed by atoms with E-state index in [2.05, 4.69) is 25.7 Å². The summed E-state index contributed by atoms with van der Waals surface area (Å²) in [6.45, 7) is 8.78. The number of hydrogen-bond donors (Lipinski definition) is 0. The van der Waals surface area contributed by atoms with Crippen molar-refractivity contribution < 1.29 is 23.7 Å². The number of Topliss-reactive ketones (excluding diaryl/α,β-unsaturated/α-hetero) is 1. The highest BCUT2D eigenvalue weighted by Crippen LogP contribution is 2.44. The number of allylic oxidation sites excluding steroid dienone is 1. The highest BCUT2D eigenvalue weighted by Gasteiger charge is 2.35. The van der Waals surface area contributed by atoms with E-state index in [1.54, 1.807) is 13.2 Å². The fourth-order valence-corrected chi connectivity index (χ4v) is 5.10. The van der Waals surface area contributed by atoms with Crippen LogP contribution < -0.4 is 14.2 Å². The summed E-state index contributed by atoms with van der Waals surface area (Å²) in [6, 6.07) is 7.63. The Morgan fingerprint density at radius 1 is 1.15 bits per heavy atom. The lowest BCUT2D eigenvalue weighted by Gasteiger charge is -2.31. The molecule has 1 fully saturated rings. The van der Waals surface area contributed by atoms with Gasteiger partial charge in [0.05, 0.1) is 31.5 Å². The predicted octanol–water partition coefficient (Wildman–Crippen LogP) is 4.26.